The van der Waals surface area contributed by atoms with Gasteiger partial charge in [-0.05, 0) is 61.2 Å². The van der Waals surface area contributed by atoms with E-state index in [1.165, 1.54) is 11.3 Å². The monoisotopic (exact) mass is 346 g/mol. The Bertz CT molecular complexity index is 863. The van der Waals surface area contributed by atoms with E-state index in [9.17, 15) is 0 Å². The van der Waals surface area contributed by atoms with Gasteiger partial charge in [-0.2, -0.15) is 0 Å². The fourth-order valence-electron chi connectivity index (χ4n) is 3.11. The lowest BCUT2D eigenvalue weighted by molar-refractivity contribution is 0.306. The minimum Gasteiger partial charge on any atom is -0.489 e. The quantitative estimate of drug-likeness (QED) is 0.547. The molecule has 3 N–H and O–H groups in total. The van der Waals surface area contributed by atoms with Gasteiger partial charge in [0.1, 0.15) is 12.4 Å². The topological polar surface area (TPSA) is 47.3 Å². The first-order valence-electron chi connectivity index (χ1n) is 9.05. The van der Waals surface area contributed by atoms with E-state index in [0.29, 0.717) is 6.61 Å². The second-order valence-electron chi connectivity index (χ2n) is 6.33. The number of nitrogens with one attached hydrogen (secondary N) is 1. The highest BCUT2D eigenvalue weighted by Gasteiger charge is 2.10. The molecule has 3 nitrogen and oxygen atoms in total. The van der Waals surface area contributed by atoms with E-state index in [-0.39, 0.29) is 0 Å². The summed E-state index contributed by atoms with van der Waals surface area (Å²) in [5.41, 5.74) is 12.8. The van der Waals surface area contributed by atoms with Gasteiger partial charge >= 0.3 is 0 Å². The second kappa shape index (κ2) is 8.43. The molecule has 0 fully saturated rings. The van der Waals surface area contributed by atoms with Crippen molar-refractivity contribution in [3.8, 4) is 5.75 Å². The standard InChI is InChI=1S/C23H26N2O/c1-3-5-6-7-18(4-2)21-10-8-17(14-22(21)24)16-26-20-9-11-23-19(15-20)12-13-25-23/h3-11,14-15,25H,12-13,16,24H2,1-2H3/b5-3-,7-6-,18-4+. The second-order valence-corrected chi connectivity index (χ2v) is 6.33. The van der Waals surface area contributed by atoms with Crippen LogP contribution in [0.25, 0.3) is 5.57 Å². The zero-order valence-corrected chi connectivity index (χ0v) is 15.5. The van der Waals surface area contributed by atoms with Crippen LogP contribution in [0.1, 0.15) is 30.5 Å². The molecule has 1 aliphatic rings. The Morgan fingerprint density at radius 2 is 2.04 bits per heavy atom. The number of nitrogen functional groups attached to an aromatic ring is 1. The van der Waals surface area contributed by atoms with E-state index in [2.05, 4.69) is 41.7 Å². The zero-order chi connectivity index (χ0) is 18.4. The van der Waals surface area contributed by atoms with Crippen LogP contribution in [0.2, 0.25) is 0 Å². The summed E-state index contributed by atoms with van der Waals surface area (Å²) in [6.45, 7) is 5.54. The molecular weight excluding hydrogens is 320 g/mol. The van der Waals surface area contributed by atoms with E-state index in [1.807, 2.05) is 44.2 Å². The number of hydrogen-bond donors (Lipinski definition) is 2. The Labute approximate surface area is 155 Å². The molecule has 3 heteroatoms. The number of allylic oxidation sites excluding steroid dienone is 6. The molecule has 134 valence electrons. The van der Waals surface area contributed by atoms with Crippen molar-refractivity contribution in [3.63, 3.8) is 0 Å². The number of anilines is 2. The Balaban J connectivity index is 1.69. The molecule has 0 spiro atoms. The summed E-state index contributed by atoms with van der Waals surface area (Å²) in [6, 6.07) is 12.4. The summed E-state index contributed by atoms with van der Waals surface area (Å²) in [7, 11) is 0. The van der Waals surface area contributed by atoms with Crippen LogP contribution < -0.4 is 15.8 Å². The fourth-order valence-corrected chi connectivity index (χ4v) is 3.11. The van der Waals surface area contributed by atoms with Crippen molar-refractivity contribution in [2.75, 3.05) is 17.6 Å². The number of benzene rings is 2. The third kappa shape index (κ3) is 4.17. The van der Waals surface area contributed by atoms with Gasteiger partial charge in [0, 0.05) is 23.5 Å². The Kier molecular flexibility index (Phi) is 5.80. The molecule has 0 radical (unpaired) electrons. The lowest BCUT2D eigenvalue weighted by atomic mass is 10.0. The van der Waals surface area contributed by atoms with Gasteiger partial charge in [0.2, 0.25) is 0 Å². The maximum Gasteiger partial charge on any atom is 0.120 e. The van der Waals surface area contributed by atoms with Gasteiger partial charge in [0.25, 0.3) is 0 Å². The molecule has 0 saturated heterocycles. The molecule has 0 aliphatic carbocycles. The minimum absolute atomic E-state index is 0.510. The van der Waals surface area contributed by atoms with Crippen LogP contribution in [-0.2, 0) is 13.0 Å². The highest BCUT2D eigenvalue weighted by molar-refractivity contribution is 5.81. The summed E-state index contributed by atoms with van der Waals surface area (Å²) in [5.74, 6) is 0.901. The van der Waals surface area contributed by atoms with Crippen LogP contribution in [0.15, 0.2) is 66.8 Å². The lowest BCUT2D eigenvalue weighted by Gasteiger charge is -2.11. The summed E-state index contributed by atoms with van der Waals surface area (Å²) >= 11 is 0. The van der Waals surface area contributed by atoms with Crippen LogP contribution in [0.4, 0.5) is 11.4 Å². The van der Waals surface area contributed by atoms with Crippen LogP contribution in [-0.4, -0.2) is 6.54 Å². The maximum atomic E-state index is 6.29. The average Bonchev–Trinajstić information content (AvgIpc) is 3.12. The van der Waals surface area contributed by atoms with E-state index in [1.54, 1.807) is 0 Å². The number of rotatable bonds is 6. The van der Waals surface area contributed by atoms with Gasteiger partial charge in [-0.25, -0.2) is 0 Å². The van der Waals surface area contributed by atoms with Crippen molar-refractivity contribution in [2.45, 2.75) is 26.9 Å². The summed E-state index contributed by atoms with van der Waals surface area (Å²) in [5, 5.41) is 3.36. The van der Waals surface area contributed by atoms with Crippen molar-refractivity contribution in [2.24, 2.45) is 0 Å². The molecule has 1 heterocycles. The lowest BCUT2D eigenvalue weighted by Crippen LogP contribution is -1.99. The Hall–Kier alpha value is -2.94. The van der Waals surface area contributed by atoms with Crippen LogP contribution in [0.3, 0.4) is 0 Å². The summed E-state index contributed by atoms with van der Waals surface area (Å²) in [4.78, 5) is 0. The van der Waals surface area contributed by atoms with Gasteiger partial charge in [-0.3, -0.25) is 0 Å². The molecule has 2 aromatic rings. The number of hydrogen-bond acceptors (Lipinski definition) is 3. The van der Waals surface area contributed by atoms with Gasteiger partial charge in [-0.1, -0.05) is 42.5 Å². The van der Waals surface area contributed by atoms with E-state index < -0.39 is 0 Å². The highest BCUT2D eigenvalue weighted by Crippen LogP contribution is 2.28. The molecule has 0 unspecified atom stereocenters. The predicted octanol–water partition coefficient (Wildman–Crippen LogP) is 5.35. The predicted molar refractivity (Wildman–Crippen MR) is 111 cm³/mol. The number of nitrogens with two attached hydrogens (primary N) is 1. The van der Waals surface area contributed by atoms with Crippen molar-refractivity contribution in [3.05, 3.63) is 83.5 Å². The number of fused-ring (bicyclic) bond motifs is 1. The molecule has 0 aromatic heterocycles. The molecule has 26 heavy (non-hydrogen) atoms. The molecule has 0 saturated carbocycles. The van der Waals surface area contributed by atoms with E-state index in [4.69, 9.17) is 10.5 Å². The molecule has 1 aliphatic heterocycles. The third-order valence-corrected chi connectivity index (χ3v) is 4.51. The van der Waals surface area contributed by atoms with Crippen molar-refractivity contribution >= 4 is 16.9 Å². The molecule has 0 bridgehead atoms. The van der Waals surface area contributed by atoms with E-state index >= 15 is 0 Å². The number of ether oxygens (including phenoxy) is 1. The third-order valence-electron chi connectivity index (χ3n) is 4.51. The maximum absolute atomic E-state index is 6.29. The Morgan fingerprint density at radius 1 is 1.15 bits per heavy atom. The van der Waals surface area contributed by atoms with Gasteiger partial charge in [0.05, 0.1) is 0 Å². The highest BCUT2D eigenvalue weighted by atomic mass is 16.5. The van der Waals surface area contributed by atoms with Crippen LogP contribution in [0.5, 0.6) is 5.75 Å². The van der Waals surface area contributed by atoms with Crippen LogP contribution >= 0.6 is 0 Å². The first-order valence-corrected chi connectivity index (χ1v) is 9.05. The SMILES string of the molecule is C\C=C/C=C\C(=C/C)c1ccc(COc2ccc3c(c2)CCN3)cc1N. The molecular formula is C23H26N2O. The van der Waals surface area contributed by atoms with Gasteiger partial charge < -0.3 is 15.8 Å². The summed E-state index contributed by atoms with van der Waals surface area (Å²) in [6.07, 6.45) is 11.2. The van der Waals surface area contributed by atoms with E-state index in [0.717, 1.165) is 41.1 Å². The average molecular weight is 346 g/mol. The van der Waals surface area contributed by atoms with Crippen LogP contribution in [0, 0.1) is 0 Å². The Morgan fingerprint density at radius 3 is 2.81 bits per heavy atom. The molecule has 3 rings (SSSR count). The smallest absolute Gasteiger partial charge is 0.120 e. The summed E-state index contributed by atoms with van der Waals surface area (Å²) < 4.78 is 5.96. The first-order chi connectivity index (χ1) is 12.7. The molecule has 0 amide bonds. The van der Waals surface area contributed by atoms with Gasteiger partial charge in [-0.15, -0.1) is 0 Å². The largest absolute Gasteiger partial charge is 0.489 e. The fraction of sp³-hybridized carbons (Fsp3) is 0.217. The van der Waals surface area contributed by atoms with Crippen molar-refractivity contribution < 1.29 is 4.74 Å². The first kappa shape index (κ1) is 17.9. The molecule has 2 aromatic carbocycles. The van der Waals surface area contributed by atoms with Crippen molar-refractivity contribution in [1.29, 1.82) is 0 Å². The van der Waals surface area contributed by atoms with Crippen molar-refractivity contribution in [1.82, 2.24) is 0 Å². The molecule has 0 atom stereocenters. The van der Waals surface area contributed by atoms with Gasteiger partial charge in [0.15, 0.2) is 0 Å². The normalized spacial score (nSPS) is 14.0. The zero-order valence-electron chi connectivity index (χ0n) is 15.5. The minimum atomic E-state index is 0.510.